The summed E-state index contributed by atoms with van der Waals surface area (Å²) in [5.74, 6) is 3.05. The van der Waals surface area contributed by atoms with Gasteiger partial charge in [-0.15, -0.1) is 6.42 Å². The second-order valence-corrected chi connectivity index (χ2v) is 14.4. The molecule has 1 heteroatoms. The average Bonchev–Trinajstić information content (AvgIpc) is 2.75. The molecule has 0 saturated carbocycles. The molecule has 0 aliphatic carbocycles. The van der Waals surface area contributed by atoms with Gasteiger partial charge in [0.25, 0.3) is 0 Å². The molecule has 0 fully saturated rings. The summed E-state index contributed by atoms with van der Waals surface area (Å²) >= 11 is 0. The highest BCUT2D eigenvalue weighted by Crippen LogP contribution is 2.39. The van der Waals surface area contributed by atoms with Crippen LogP contribution in [0.1, 0.15) is 111 Å². The lowest BCUT2D eigenvalue weighted by Crippen LogP contribution is -2.17. The van der Waals surface area contributed by atoms with Crippen molar-refractivity contribution in [3.8, 4) is 34.6 Å². The number of benzene rings is 2. The van der Waals surface area contributed by atoms with Crippen molar-refractivity contribution in [2.75, 3.05) is 0 Å². The lowest BCUT2D eigenvalue weighted by atomic mass is 9.77. The molecule has 1 heterocycles. The number of nitrogens with zero attached hydrogens (tertiary/aromatic N) is 1. The molecule has 1 aromatic heterocycles. The zero-order chi connectivity index (χ0) is 27.3. The van der Waals surface area contributed by atoms with Crippen LogP contribution in [0.15, 0.2) is 48.8 Å². The maximum atomic E-state index is 6.24. The van der Waals surface area contributed by atoms with E-state index in [0.717, 1.165) is 27.8 Å². The topological polar surface area (TPSA) is 12.9 Å². The molecule has 0 N–H and O–H groups in total. The van der Waals surface area contributed by atoms with Gasteiger partial charge in [-0.3, -0.25) is 4.98 Å². The van der Waals surface area contributed by atoms with Crippen molar-refractivity contribution >= 4 is 0 Å². The minimum absolute atomic E-state index is 0.0278. The van der Waals surface area contributed by atoms with E-state index in [0.29, 0.717) is 0 Å². The number of terminal acetylenes is 1. The summed E-state index contributed by atoms with van der Waals surface area (Å²) in [6, 6.07) is 13.9. The van der Waals surface area contributed by atoms with Crippen LogP contribution in [0.5, 0.6) is 0 Å². The molecule has 3 aromatic rings. The Balaban J connectivity index is 2.35. The summed E-state index contributed by atoms with van der Waals surface area (Å²) in [6.45, 7) is 27.2. The van der Waals surface area contributed by atoms with E-state index in [4.69, 9.17) is 11.4 Å². The van der Waals surface area contributed by atoms with Crippen LogP contribution < -0.4 is 0 Å². The van der Waals surface area contributed by atoms with E-state index in [1.165, 1.54) is 22.3 Å². The first-order valence-electron chi connectivity index (χ1n) is 13.1. The van der Waals surface area contributed by atoms with Crippen molar-refractivity contribution in [2.45, 2.75) is 105 Å². The Morgan fingerprint density at radius 2 is 0.778 bits per heavy atom. The average molecular weight is 480 g/mol. The van der Waals surface area contributed by atoms with Crippen molar-refractivity contribution in [3.05, 3.63) is 76.6 Å². The maximum Gasteiger partial charge on any atom is 0.0430 e. The predicted molar refractivity (Wildman–Crippen MR) is 158 cm³/mol. The van der Waals surface area contributed by atoms with Crippen LogP contribution in [-0.4, -0.2) is 4.98 Å². The first-order chi connectivity index (χ1) is 16.3. The number of hydrogen-bond donors (Lipinski definition) is 0. The molecule has 0 unspecified atom stereocenters. The van der Waals surface area contributed by atoms with E-state index in [-0.39, 0.29) is 21.7 Å². The van der Waals surface area contributed by atoms with Crippen LogP contribution >= 0.6 is 0 Å². The van der Waals surface area contributed by atoms with Gasteiger partial charge < -0.3 is 0 Å². The summed E-state index contributed by atoms with van der Waals surface area (Å²) in [6.07, 6.45) is 10.1. The fourth-order valence-electron chi connectivity index (χ4n) is 4.35. The van der Waals surface area contributed by atoms with Gasteiger partial charge in [0.1, 0.15) is 0 Å². The zero-order valence-electron chi connectivity index (χ0n) is 24.6. The van der Waals surface area contributed by atoms with Crippen molar-refractivity contribution in [2.24, 2.45) is 0 Å². The lowest BCUT2D eigenvalue weighted by Gasteiger charge is -2.27. The van der Waals surface area contributed by atoms with Gasteiger partial charge >= 0.3 is 0 Å². The number of pyridine rings is 1. The minimum Gasteiger partial charge on any atom is -0.263 e. The molecule has 0 spiro atoms. The van der Waals surface area contributed by atoms with Crippen LogP contribution in [0, 0.1) is 12.3 Å². The minimum atomic E-state index is 0.0278. The second kappa shape index (κ2) is 9.23. The number of rotatable bonds is 2. The Morgan fingerprint density at radius 1 is 0.500 bits per heavy atom. The van der Waals surface area contributed by atoms with E-state index in [2.05, 4.69) is 125 Å². The monoisotopic (exact) mass is 479 g/mol. The van der Waals surface area contributed by atoms with Crippen LogP contribution in [0.25, 0.3) is 22.3 Å². The third-order valence-electron chi connectivity index (χ3n) is 7.04. The zero-order valence-corrected chi connectivity index (χ0v) is 24.6. The van der Waals surface area contributed by atoms with Gasteiger partial charge in [0.05, 0.1) is 0 Å². The molecule has 0 saturated heterocycles. The molecule has 0 radical (unpaired) electrons. The van der Waals surface area contributed by atoms with Gasteiger partial charge in [-0.05, 0) is 55.0 Å². The second-order valence-electron chi connectivity index (χ2n) is 14.4. The highest BCUT2D eigenvalue weighted by molar-refractivity contribution is 5.82. The van der Waals surface area contributed by atoms with Crippen molar-refractivity contribution in [3.63, 3.8) is 0 Å². The smallest absolute Gasteiger partial charge is 0.0430 e. The first kappa shape index (κ1) is 27.7. The van der Waals surface area contributed by atoms with E-state index in [9.17, 15) is 0 Å². The molecule has 1 nitrogen and oxygen atoms in total. The first-order valence-corrected chi connectivity index (χ1v) is 13.1. The standard InChI is InChI=1S/C35H45N/c1-14-29-30(23-15-25(32(2,3)4)19-26(16-23)33(5,6)7)21-36-22-31(29)24-17-27(34(8,9)10)20-28(18-24)35(11,12)13/h1,15-22H,2-13H3. The summed E-state index contributed by atoms with van der Waals surface area (Å²) in [7, 11) is 0. The number of hydrogen-bond acceptors (Lipinski definition) is 1. The fourth-order valence-corrected chi connectivity index (χ4v) is 4.35. The molecule has 2 aromatic carbocycles. The Hall–Kier alpha value is -2.85. The van der Waals surface area contributed by atoms with Crippen LogP contribution in [0.4, 0.5) is 0 Å². The quantitative estimate of drug-likeness (QED) is 0.333. The summed E-state index contributed by atoms with van der Waals surface area (Å²) in [4.78, 5) is 4.72. The Morgan fingerprint density at radius 3 is 1.00 bits per heavy atom. The summed E-state index contributed by atoms with van der Waals surface area (Å²) in [5, 5.41) is 0. The molecular formula is C35H45N. The van der Waals surface area contributed by atoms with E-state index in [1.807, 2.05) is 12.4 Å². The van der Waals surface area contributed by atoms with Crippen LogP contribution in [-0.2, 0) is 21.7 Å². The molecule has 0 amide bonds. The molecule has 190 valence electrons. The normalized spacial score (nSPS) is 13.0. The van der Waals surface area contributed by atoms with Crippen LogP contribution in [0.3, 0.4) is 0 Å². The fraction of sp³-hybridized carbons (Fsp3) is 0.457. The van der Waals surface area contributed by atoms with Gasteiger partial charge in [0, 0.05) is 29.1 Å². The molecular weight excluding hydrogens is 434 g/mol. The molecule has 0 aliphatic heterocycles. The third kappa shape index (κ3) is 5.92. The van der Waals surface area contributed by atoms with Gasteiger partial charge in [-0.1, -0.05) is 125 Å². The molecule has 0 aliphatic rings. The van der Waals surface area contributed by atoms with Gasteiger partial charge in [0.15, 0.2) is 0 Å². The highest BCUT2D eigenvalue weighted by Gasteiger charge is 2.24. The molecule has 0 atom stereocenters. The largest absolute Gasteiger partial charge is 0.263 e. The molecule has 36 heavy (non-hydrogen) atoms. The van der Waals surface area contributed by atoms with Crippen molar-refractivity contribution in [1.82, 2.24) is 4.98 Å². The lowest BCUT2D eigenvalue weighted by molar-refractivity contribution is 0.568. The SMILES string of the molecule is C#Cc1c(-c2cc(C(C)(C)C)cc(C(C)(C)C)c2)cncc1-c1cc(C(C)(C)C)cc(C(C)(C)C)c1. The predicted octanol–water partition coefficient (Wildman–Crippen LogP) is 9.59. The summed E-state index contributed by atoms with van der Waals surface area (Å²) < 4.78 is 0. The van der Waals surface area contributed by atoms with Crippen LogP contribution in [0.2, 0.25) is 0 Å². The number of aromatic nitrogens is 1. The molecule has 0 bridgehead atoms. The van der Waals surface area contributed by atoms with Gasteiger partial charge in [-0.25, -0.2) is 0 Å². The Labute approximate surface area is 220 Å². The molecule has 3 rings (SSSR count). The Kier molecular flexibility index (Phi) is 7.11. The third-order valence-corrected chi connectivity index (χ3v) is 7.04. The maximum absolute atomic E-state index is 6.24. The van der Waals surface area contributed by atoms with Crippen molar-refractivity contribution < 1.29 is 0 Å². The van der Waals surface area contributed by atoms with Crippen molar-refractivity contribution in [1.29, 1.82) is 0 Å². The van der Waals surface area contributed by atoms with Gasteiger partial charge in [-0.2, -0.15) is 0 Å². The highest BCUT2D eigenvalue weighted by atomic mass is 14.6. The van der Waals surface area contributed by atoms with E-state index in [1.54, 1.807) is 0 Å². The van der Waals surface area contributed by atoms with Gasteiger partial charge in [0.2, 0.25) is 0 Å². The van der Waals surface area contributed by atoms with E-state index >= 15 is 0 Å². The summed E-state index contributed by atoms with van der Waals surface area (Å²) in [5.41, 5.74) is 10.6. The van der Waals surface area contributed by atoms with E-state index < -0.39 is 0 Å². The Bertz CT molecular complexity index is 1140.